The van der Waals surface area contributed by atoms with Crippen molar-refractivity contribution in [1.29, 1.82) is 0 Å². The van der Waals surface area contributed by atoms with Crippen LogP contribution in [0.3, 0.4) is 0 Å². The summed E-state index contributed by atoms with van der Waals surface area (Å²) in [6, 6.07) is 22.3. The summed E-state index contributed by atoms with van der Waals surface area (Å²) in [5, 5.41) is 0. The predicted molar refractivity (Wildman–Crippen MR) is 102 cm³/mol. The van der Waals surface area contributed by atoms with Crippen LogP contribution in [0, 0.1) is 31.0 Å². The van der Waals surface area contributed by atoms with E-state index in [0.29, 0.717) is 0 Å². The van der Waals surface area contributed by atoms with Gasteiger partial charge in [0.15, 0.2) is 5.69 Å². The Balaban J connectivity index is 0.000000537. The largest absolute Gasteiger partial charge is 0.222 e. The van der Waals surface area contributed by atoms with Gasteiger partial charge >= 0.3 is 0 Å². The average Bonchev–Trinajstić information content (AvgIpc) is 2.63. The zero-order valence-corrected chi connectivity index (χ0v) is 17.9. The number of aryl methyl sites for hydroxylation is 3. The number of nitrogens with zero attached hydrogens (tertiary/aromatic N) is 1. The fourth-order valence-corrected chi connectivity index (χ4v) is 3.16. The van der Waals surface area contributed by atoms with E-state index in [1.807, 2.05) is 0 Å². The van der Waals surface area contributed by atoms with Crippen LogP contribution in [0.25, 0.3) is 22.4 Å². The molecule has 1 aromatic heterocycles. The van der Waals surface area contributed by atoms with Gasteiger partial charge in [0, 0.05) is 31.0 Å². The number of halogens is 1. The quantitative estimate of drug-likeness (QED) is 0.591. The summed E-state index contributed by atoms with van der Waals surface area (Å²) in [5.41, 5.74) is 9.05. The number of hydrogen-bond donors (Lipinski definition) is 0. The maximum Gasteiger partial charge on any atom is 0.213 e. The van der Waals surface area contributed by atoms with Crippen LogP contribution in [0.2, 0.25) is 0 Å². The molecule has 5 nitrogen and oxygen atoms in total. The maximum absolute atomic E-state index is 8.49. The molecule has 1 heterocycles. The van der Waals surface area contributed by atoms with E-state index in [2.05, 4.69) is 92.9 Å². The minimum absolute atomic E-state index is 1.04. The normalized spacial score (nSPS) is 11.0. The Kier molecular flexibility index (Phi) is 7.90. The van der Waals surface area contributed by atoms with Crippen molar-refractivity contribution in [3.8, 4) is 22.4 Å². The lowest BCUT2D eigenvalue weighted by atomic mass is 10.00. The molecule has 6 heteroatoms. The lowest BCUT2D eigenvalue weighted by Crippen LogP contribution is -2.68. The number of aromatic nitrogens is 1. The minimum atomic E-state index is -4.94. The fourth-order valence-electron chi connectivity index (χ4n) is 3.16. The lowest BCUT2D eigenvalue weighted by Gasteiger charge is -2.17. The molecular formula is C23H26ClNO4. The molecule has 0 spiro atoms. The van der Waals surface area contributed by atoms with Crippen molar-refractivity contribution in [2.75, 3.05) is 0 Å². The van der Waals surface area contributed by atoms with Gasteiger partial charge in [-0.2, -0.15) is 4.57 Å². The van der Waals surface area contributed by atoms with Crippen LogP contribution in [0.1, 0.15) is 30.2 Å². The predicted octanol–water partition coefficient (Wildman–Crippen LogP) is 0.887. The molecular weight excluding hydrogens is 390 g/mol. The summed E-state index contributed by atoms with van der Waals surface area (Å²) in [6.07, 6.45) is 1.13. The Labute approximate surface area is 174 Å². The van der Waals surface area contributed by atoms with E-state index in [1.165, 1.54) is 39.2 Å². The molecule has 0 fully saturated rings. The van der Waals surface area contributed by atoms with E-state index in [9.17, 15) is 0 Å². The van der Waals surface area contributed by atoms with Gasteiger partial charge < -0.3 is 0 Å². The Hall–Kier alpha value is -2.28. The van der Waals surface area contributed by atoms with Gasteiger partial charge in [-0.05, 0) is 37.1 Å². The molecule has 0 aliphatic heterocycles. The van der Waals surface area contributed by atoms with Crippen molar-refractivity contribution >= 4 is 0 Å². The standard InChI is InChI=1S/C23H26N.ClHO4/c1-5-14-24-19(4)15-22(20-10-6-17(2)7-11-20)16-23(24)21-12-8-18(3)9-13-21;2-1(3,4)5/h6-13,15-16H,5,14H2,1-4H3;(H,2,3,4,5)/q+1;/p-1. The molecule has 3 aromatic rings. The first-order valence-electron chi connectivity index (χ1n) is 9.39. The molecule has 0 unspecified atom stereocenters. The average molecular weight is 416 g/mol. The highest BCUT2D eigenvalue weighted by atomic mass is 35.7. The smallest absolute Gasteiger partial charge is 0.213 e. The highest BCUT2D eigenvalue weighted by molar-refractivity contribution is 5.69. The summed E-state index contributed by atoms with van der Waals surface area (Å²) in [7, 11) is -4.94. The third-order valence-electron chi connectivity index (χ3n) is 4.55. The zero-order chi connectivity index (χ0) is 21.6. The highest BCUT2D eigenvalue weighted by Crippen LogP contribution is 2.26. The SMILES string of the molecule is CCC[n+]1c(C)cc(-c2ccc(C)cc2)cc1-c1ccc(C)cc1.[O-][Cl+3]([O-])([O-])[O-]. The Morgan fingerprint density at radius 1 is 0.690 bits per heavy atom. The van der Waals surface area contributed by atoms with Gasteiger partial charge in [-0.3, -0.25) is 0 Å². The van der Waals surface area contributed by atoms with Gasteiger partial charge in [0.1, 0.15) is 6.54 Å². The molecule has 0 amide bonds. The molecule has 29 heavy (non-hydrogen) atoms. The van der Waals surface area contributed by atoms with E-state index in [0.717, 1.165) is 13.0 Å². The molecule has 0 N–H and O–H groups in total. The number of benzene rings is 2. The van der Waals surface area contributed by atoms with E-state index in [-0.39, 0.29) is 0 Å². The minimum Gasteiger partial charge on any atom is -0.222 e. The summed E-state index contributed by atoms with van der Waals surface area (Å²) in [5.74, 6) is 0. The maximum atomic E-state index is 8.49. The second-order valence-corrected chi connectivity index (χ2v) is 7.79. The van der Waals surface area contributed by atoms with E-state index in [1.54, 1.807) is 0 Å². The molecule has 154 valence electrons. The third-order valence-corrected chi connectivity index (χ3v) is 4.55. The first-order chi connectivity index (χ1) is 13.6. The first-order valence-corrected chi connectivity index (χ1v) is 10.6. The summed E-state index contributed by atoms with van der Waals surface area (Å²) in [6.45, 7) is 9.76. The van der Waals surface area contributed by atoms with Crippen LogP contribution in [0.5, 0.6) is 0 Å². The van der Waals surface area contributed by atoms with Gasteiger partial charge in [-0.15, -0.1) is 10.2 Å². The van der Waals surface area contributed by atoms with Gasteiger partial charge in [0.2, 0.25) is 5.69 Å². The topological polar surface area (TPSA) is 96.1 Å². The first kappa shape index (κ1) is 23.0. The van der Waals surface area contributed by atoms with Crippen molar-refractivity contribution < 1.29 is 33.4 Å². The van der Waals surface area contributed by atoms with Crippen molar-refractivity contribution in [2.24, 2.45) is 0 Å². The van der Waals surface area contributed by atoms with Crippen molar-refractivity contribution in [3.63, 3.8) is 0 Å². The molecule has 2 aromatic carbocycles. The number of hydrogen-bond acceptors (Lipinski definition) is 4. The van der Waals surface area contributed by atoms with E-state index in [4.69, 9.17) is 18.6 Å². The van der Waals surface area contributed by atoms with Crippen molar-refractivity contribution in [3.05, 3.63) is 77.5 Å². The monoisotopic (exact) mass is 415 g/mol. The van der Waals surface area contributed by atoms with Crippen LogP contribution >= 0.6 is 0 Å². The molecule has 0 radical (unpaired) electrons. The lowest BCUT2D eigenvalue weighted by molar-refractivity contribution is -2.00. The zero-order valence-electron chi connectivity index (χ0n) is 17.1. The molecule has 0 aliphatic carbocycles. The Morgan fingerprint density at radius 3 is 1.59 bits per heavy atom. The molecule has 0 saturated carbocycles. The number of pyridine rings is 1. The van der Waals surface area contributed by atoms with Gasteiger partial charge in [0.05, 0.1) is 0 Å². The van der Waals surface area contributed by atoms with Crippen LogP contribution in [0.15, 0.2) is 60.7 Å². The molecule has 0 saturated heterocycles. The van der Waals surface area contributed by atoms with Crippen LogP contribution in [-0.2, 0) is 6.54 Å². The Morgan fingerprint density at radius 2 is 1.14 bits per heavy atom. The molecule has 3 rings (SSSR count). The summed E-state index contributed by atoms with van der Waals surface area (Å²) < 4.78 is 36.4. The molecule has 0 bridgehead atoms. The van der Waals surface area contributed by atoms with Crippen LogP contribution in [-0.4, -0.2) is 0 Å². The van der Waals surface area contributed by atoms with Gasteiger partial charge in [0.25, 0.3) is 0 Å². The van der Waals surface area contributed by atoms with Crippen LogP contribution < -0.4 is 23.2 Å². The molecule has 0 aliphatic rings. The highest BCUT2D eigenvalue weighted by Gasteiger charge is 2.18. The van der Waals surface area contributed by atoms with E-state index >= 15 is 0 Å². The van der Waals surface area contributed by atoms with Crippen LogP contribution in [0.4, 0.5) is 0 Å². The number of rotatable bonds is 4. The molecule has 0 atom stereocenters. The second-order valence-electron chi connectivity index (χ2n) is 7.03. The second kappa shape index (κ2) is 9.96. The summed E-state index contributed by atoms with van der Waals surface area (Å²) in [4.78, 5) is 0. The third kappa shape index (κ3) is 7.24. The summed E-state index contributed by atoms with van der Waals surface area (Å²) >= 11 is 0. The van der Waals surface area contributed by atoms with Crippen molar-refractivity contribution in [2.45, 2.75) is 40.7 Å². The Bertz CT molecular complexity index is 927. The fraction of sp³-hybridized carbons (Fsp3) is 0.261. The van der Waals surface area contributed by atoms with E-state index < -0.39 is 10.2 Å². The van der Waals surface area contributed by atoms with Crippen molar-refractivity contribution in [1.82, 2.24) is 0 Å². The van der Waals surface area contributed by atoms with Gasteiger partial charge in [-0.25, -0.2) is 18.6 Å². The van der Waals surface area contributed by atoms with Gasteiger partial charge in [-0.1, -0.05) is 54.4 Å².